The van der Waals surface area contributed by atoms with Crippen LogP contribution >= 0.6 is 0 Å². The third-order valence-electron chi connectivity index (χ3n) is 6.15. The minimum absolute atomic E-state index is 0.0128. The molecule has 0 atom stereocenters. The highest BCUT2D eigenvalue weighted by Gasteiger charge is 2.43. The highest BCUT2D eigenvalue weighted by Crippen LogP contribution is 2.37. The highest BCUT2D eigenvalue weighted by atomic mass is 19.4. The molecule has 0 aliphatic carbocycles. The number of aromatic nitrogens is 2. The first-order valence-corrected chi connectivity index (χ1v) is 11.6. The summed E-state index contributed by atoms with van der Waals surface area (Å²) in [5.41, 5.74) is 4.81. The number of aliphatic hydroxyl groups excluding tert-OH is 1. The molecule has 10 nitrogen and oxygen atoms in total. The van der Waals surface area contributed by atoms with E-state index in [-0.39, 0.29) is 61.1 Å². The molecular weight excluding hydrogens is 505 g/mol. The van der Waals surface area contributed by atoms with Gasteiger partial charge in [-0.15, -0.1) is 0 Å². The van der Waals surface area contributed by atoms with Crippen LogP contribution in [0.25, 0.3) is 5.69 Å². The summed E-state index contributed by atoms with van der Waals surface area (Å²) in [5.74, 6) is -1.71. The van der Waals surface area contributed by atoms with Gasteiger partial charge in [0.2, 0.25) is 11.8 Å². The molecule has 0 unspecified atom stereocenters. The molecule has 1 aliphatic rings. The Morgan fingerprint density at radius 3 is 2.50 bits per heavy atom. The monoisotopic (exact) mass is 530 g/mol. The third kappa shape index (κ3) is 5.24. The van der Waals surface area contributed by atoms with E-state index < -0.39 is 23.7 Å². The fourth-order valence-electron chi connectivity index (χ4n) is 4.20. The Balaban J connectivity index is 1.67. The number of alkyl halides is 3. The fourth-order valence-corrected chi connectivity index (χ4v) is 4.20. The number of carbonyl (C=O) groups is 3. The number of nitrogens with two attached hydrogens (primary N) is 1. The Morgan fingerprint density at radius 1 is 1.16 bits per heavy atom. The zero-order valence-electron chi connectivity index (χ0n) is 20.3. The number of anilines is 2. The number of hydrogen-bond donors (Lipinski definition) is 3. The van der Waals surface area contributed by atoms with Crippen molar-refractivity contribution in [2.24, 2.45) is 5.73 Å². The van der Waals surface area contributed by atoms with Gasteiger partial charge in [0, 0.05) is 42.6 Å². The third-order valence-corrected chi connectivity index (χ3v) is 6.15. The number of halogens is 3. The van der Waals surface area contributed by atoms with Crippen LogP contribution in [0.2, 0.25) is 0 Å². The summed E-state index contributed by atoms with van der Waals surface area (Å²) in [4.78, 5) is 40.2. The van der Waals surface area contributed by atoms with Crippen LogP contribution in [0.5, 0.6) is 0 Å². The summed E-state index contributed by atoms with van der Waals surface area (Å²) < 4.78 is 42.4. The minimum atomic E-state index is -4.79. The number of fused-ring (bicyclic) bond motifs is 1. The number of aliphatic hydroxyl groups is 1. The largest absolute Gasteiger partial charge is 0.435 e. The smallest absolute Gasteiger partial charge is 0.395 e. The Hall–Kier alpha value is -4.23. The van der Waals surface area contributed by atoms with Crippen molar-refractivity contribution in [2.75, 3.05) is 43.1 Å². The van der Waals surface area contributed by atoms with Gasteiger partial charge in [-0.3, -0.25) is 14.4 Å². The molecule has 4 N–H and O–H groups in total. The lowest BCUT2D eigenvalue weighted by atomic mass is 10.0. The van der Waals surface area contributed by atoms with Crippen LogP contribution in [0.4, 0.5) is 24.5 Å². The van der Waals surface area contributed by atoms with E-state index in [2.05, 4.69) is 10.4 Å². The van der Waals surface area contributed by atoms with Crippen molar-refractivity contribution in [1.29, 1.82) is 0 Å². The van der Waals surface area contributed by atoms with E-state index in [0.29, 0.717) is 11.4 Å². The molecule has 3 aromatic rings. The Morgan fingerprint density at radius 2 is 1.87 bits per heavy atom. The molecule has 4 rings (SSSR count). The second-order valence-corrected chi connectivity index (χ2v) is 8.58. The zero-order valence-corrected chi connectivity index (χ0v) is 20.3. The first kappa shape index (κ1) is 26.8. The van der Waals surface area contributed by atoms with Crippen LogP contribution in [0, 0.1) is 0 Å². The van der Waals surface area contributed by atoms with E-state index in [4.69, 9.17) is 10.8 Å². The van der Waals surface area contributed by atoms with E-state index in [1.165, 1.54) is 34.1 Å². The molecule has 200 valence electrons. The van der Waals surface area contributed by atoms with Gasteiger partial charge in [-0.2, -0.15) is 18.3 Å². The van der Waals surface area contributed by atoms with Gasteiger partial charge in [0.05, 0.1) is 18.8 Å². The van der Waals surface area contributed by atoms with Crippen molar-refractivity contribution in [3.63, 3.8) is 0 Å². The Kier molecular flexibility index (Phi) is 7.51. The van der Waals surface area contributed by atoms with Crippen LogP contribution in [-0.2, 0) is 17.4 Å². The standard InChI is InChI=1S/C25H25F3N6O4/c1-32(20(36)14-30-10-12-35)16-5-7-17(8-6-16)33-11-9-19-21(24(33)38)34(31-22(19)25(26,27)28)18-4-2-3-15(13-18)23(29)37/h2-8,13,30,35H,9-12,14H2,1H3,(H2,29,37). The summed E-state index contributed by atoms with van der Waals surface area (Å²) in [6, 6.07) is 12.0. The van der Waals surface area contributed by atoms with Gasteiger partial charge in [-0.1, -0.05) is 6.07 Å². The molecule has 38 heavy (non-hydrogen) atoms. The number of amides is 3. The maximum absolute atomic E-state index is 13.8. The van der Waals surface area contributed by atoms with Crippen LogP contribution in [-0.4, -0.2) is 65.9 Å². The van der Waals surface area contributed by atoms with Crippen molar-refractivity contribution < 1.29 is 32.7 Å². The molecule has 0 bridgehead atoms. The molecule has 0 fully saturated rings. The minimum Gasteiger partial charge on any atom is -0.395 e. The lowest BCUT2D eigenvalue weighted by Gasteiger charge is -2.28. The predicted octanol–water partition coefficient (Wildman–Crippen LogP) is 1.74. The molecule has 2 heterocycles. The first-order valence-electron chi connectivity index (χ1n) is 11.6. The summed E-state index contributed by atoms with van der Waals surface area (Å²) >= 11 is 0. The van der Waals surface area contributed by atoms with Crippen LogP contribution in [0.15, 0.2) is 48.5 Å². The van der Waals surface area contributed by atoms with Crippen molar-refractivity contribution in [2.45, 2.75) is 12.6 Å². The molecule has 0 saturated carbocycles. The van der Waals surface area contributed by atoms with Gasteiger partial charge < -0.3 is 26.0 Å². The number of nitrogens with zero attached hydrogens (tertiary/aromatic N) is 4. The molecule has 0 saturated heterocycles. The lowest BCUT2D eigenvalue weighted by Crippen LogP contribution is -2.39. The maximum atomic E-state index is 13.8. The van der Waals surface area contributed by atoms with Gasteiger partial charge in [0.15, 0.2) is 5.69 Å². The molecule has 13 heteroatoms. The average molecular weight is 531 g/mol. The quantitative estimate of drug-likeness (QED) is 0.380. The number of primary amides is 1. The van der Waals surface area contributed by atoms with Gasteiger partial charge >= 0.3 is 6.18 Å². The normalized spacial score (nSPS) is 13.4. The second kappa shape index (κ2) is 10.6. The molecular formula is C25H25F3N6O4. The molecule has 0 radical (unpaired) electrons. The molecule has 0 spiro atoms. The van der Waals surface area contributed by atoms with Crippen LogP contribution < -0.4 is 20.9 Å². The molecule has 2 aromatic carbocycles. The lowest BCUT2D eigenvalue weighted by molar-refractivity contribution is -0.142. The summed E-state index contributed by atoms with van der Waals surface area (Å²) in [6.45, 7) is 0.185. The second-order valence-electron chi connectivity index (χ2n) is 8.58. The summed E-state index contributed by atoms with van der Waals surface area (Å²) in [5, 5.41) is 15.4. The topological polar surface area (TPSA) is 134 Å². The molecule has 1 aliphatic heterocycles. The van der Waals surface area contributed by atoms with Gasteiger partial charge in [-0.25, -0.2) is 4.68 Å². The van der Waals surface area contributed by atoms with Crippen LogP contribution in [0.3, 0.4) is 0 Å². The van der Waals surface area contributed by atoms with E-state index in [1.807, 2.05) is 0 Å². The van der Waals surface area contributed by atoms with Crippen molar-refractivity contribution in [3.8, 4) is 5.69 Å². The molecule has 3 amide bonds. The number of nitrogens with one attached hydrogen (secondary N) is 1. The Labute approximate surface area is 215 Å². The van der Waals surface area contributed by atoms with Gasteiger partial charge in [0.1, 0.15) is 5.69 Å². The van der Waals surface area contributed by atoms with E-state index in [9.17, 15) is 27.6 Å². The number of likely N-dealkylation sites (N-methyl/N-ethyl adjacent to an activating group) is 1. The predicted molar refractivity (Wildman–Crippen MR) is 132 cm³/mol. The summed E-state index contributed by atoms with van der Waals surface area (Å²) in [6.07, 6.45) is -4.88. The number of hydrogen-bond acceptors (Lipinski definition) is 6. The number of benzene rings is 2. The van der Waals surface area contributed by atoms with Gasteiger partial charge in [0.25, 0.3) is 5.91 Å². The number of carbonyl (C=O) groups excluding carboxylic acids is 3. The summed E-state index contributed by atoms with van der Waals surface area (Å²) in [7, 11) is 1.58. The highest BCUT2D eigenvalue weighted by molar-refractivity contribution is 6.08. The van der Waals surface area contributed by atoms with E-state index in [1.54, 1.807) is 31.3 Å². The first-order chi connectivity index (χ1) is 18.0. The number of rotatable bonds is 8. The van der Waals surface area contributed by atoms with Gasteiger partial charge in [-0.05, 0) is 48.9 Å². The fraction of sp³-hybridized carbons (Fsp3) is 0.280. The average Bonchev–Trinajstić information content (AvgIpc) is 3.30. The SMILES string of the molecule is CN(C(=O)CNCCO)c1ccc(N2CCc3c(C(F)(F)F)nn(-c4cccc(C(N)=O)c4)c3C2=O)cc1. The van der Waals surface area contributed by atoms with E-state index >= 15 is 0 Å². The molecule has 1 aromatic heterocycles. The maximum Gasteiger partial charge on any atom is 0.435 e. The Bertz CT molecular complexity index is 1370. The van der Waals surface area contributed by atoms with E-state index in [0.717, 1.165) is 4.68 Å². The van der Waals surface area contributed by atoms with Crippen molar-refractivity contribution in [1.82, 2.24) is 15.1 Å². The zero-order chi connectivity index (χ0) is 27.6. The van der Waals surface area contributed by atoms with Crippen molar-refractivity contribution >= 4 is 29.1 Å². The van der Waals surface area contributed by atoms with Crippen molar-refractivity contribution in [3.05, 3.63) is 71.0 Å². The van der Waals surface area contributed by atoms with Crippen LogP contribution in [0.1, 0.15) is 32.1 Å².